The van der Waals surface area contributed by atoms with E-state index in [-0.39, 0.29) is 11.6 Å². The molecule has 2 heterocycles. The third-order valence-corrected chi connectivity index (χ3v) is 4.68. The van der Waals surface area contributed by atoms with E-state index >= 15 is 0 Å². The van der Waals surface area contributed by atoms with Crippen molar-refractivity contribution in [2.75, 3.05) is 0 Å². The number of aryl methyl sites for hydroxylation is 1. The highest BCUT2D eigenvalue weighted by Gasteiger charge is 2.22. The zero-order valence-electron chi connectivity index (χ0n) is 16.1. The molecule has 2 aromatic heterocycles. The van der Waals surface area contributed by atoms with E-state index in [1.807, 2.05) is 54.6 Å². The van der Waals surface area contributed by atoms with Crippen LogP contribution < -0.4 is 5.32 Å². The molecule has 0 atom stereocenters. The van der Waals surface area contributed by atoms with Gasteiger partial charge in [0.2, 0.25) is 0 Å². The van der Waals surface area contributed by atoms with Crippen molar-refractivity contribution in [3.05, 3.63) is 95.9 Å². The summed E-state index contributed by atoms with van der Waals surface area (Å²) in [7, 11) is 0. The Morgan fingerprint density at radius 2 is 1.83 bits per heavy atom. The van der Waals surface area contributed by atoms with E-state index in [2.05, 4.69) is 39.7 Å². The molecule has 0 spiro atoms. The normalized spacial score (nSPS) is 10.7. The minimum Gasteiger partial charge on any atom is -0.346 e. The lowest BCUT2D eigenvalue weighted by Crippen LogP contribution is -2.24. The number of carbonyl (C=O) groups is 1. The van der Waals surface area contributed by atoms with Crippen LogP contribution >= 0.6 is 0 Å². The molecule has 144 valence electrons. The van der Waals surface area contributed by atoms with Gasteiger partial charge in [0, 0.05) is 24.5 Å². The van der Waals surface area contributed by atoms with Gasteiger partial charge in [-0.3, -0.25) is 9.78 Å². The van der Waals surface area contributed by atoms with Crippen LogP contribution in [0.3, 0.4) is 0 Å². The van der Waals surface area contributed by atoms with Gasteiger partial charge in [-0.1, -0.05) is 54.6 Å². The van der Waals surface area contributed by atoms with E-state index in [0.29, 0.717) is 12.2 Å². The van der Waals surface area contributed by atoms with E-state index in [9.17, 15) is 4.79 Å². The number of benzene rings is 2. The first-order chi connectivity index (χ1) is 14.3. The average molecular weight is 383 g/mol. The first-order valence-electron chi connectivity index (χ1n) is 9.54. The summed E-state index contributed by atoms with van der Waals surface area (Å²) in [5, 5.41) is 11.4. The largest absolute Gasteiger partial charge is 0.346 e. The number of rotatable bonds is 6. The molecule has 6 nitrogen and oxygen atoms in total. The molecule has 0 saturated heterocycles. The van der Waals surface area contributed by atoms with E-state index < -0.39 is 0 Å². The number of nitrogens with one attached hydrogen (secondary N) is 1. The van der Waals surface area contributed by atoms with Gasteiger partial charge in [-0.15, -0.1) is 5.10 Å². The van der Waals surface area contributed by atoms with Crippen molar-refractivity contribution in [1.29, 1.82) is 0 Å². The van der Waals surface area contributed by atoms with Crippen LogP contribution in [0.5, 0.6) is 0 Å². The minimum absolute atomic E-state index is 0.273. The van der Waals surface area contributed by atoms with Crippen LogP contribution in [0.4, 0.5) is 0 Å². The summed E-state index contributed by atoms with van der Waals surface area (Å²) >= 11 is 0. The predicted octanol–water partition coefficient (Wildman–Crippen LogP) is 3.82. The summed E-state index contributed by atoms with van der Waals surface area (Å²) in [6, 6.07) is 21.6. The third-order valence-electron chi connectivity index (χ3n) is 4.68. The Labute approximate surface area is 169 Å². The molecule has 4 aromatic rings. The smallest absolute Gasteiger partial charge is 0.274 e. The Balaban J connectivity index is 1.72. The van der Waals surface area contributed by atoms with Gasteiger partial charge in [-0.05, 0) is 41.8 Å². The maximum atomic E-state index is 12.9. The number of pyridine rings is 1. The number of hydrogen-bond acceptors (Lipinski definition) is 4. The fourth-order valence-corrected chi connectivity index (χ4v) is 3.15. The van der Waals surface area contributed by atoms with E-state index in [1.165, 1.54) is 5.56 Å². The first kappa shape index (κ1) is 18.6. The van der Waals surface area contributed by atoms with Crippen LogP contribution in [-0.4, -0.2) is 25.9 Å². The second kappa shape index (κ2) is 8.48. The highest BCUT2D eigenvalue weighted by molar-refractivity contribution is 5.98. The molecular weight excluding hydrogens is 362 g/mol. The van der Waals surface area contributed by atoms with Crippen LogP contribution in [0, 0.1) is 0 Å². The maximum Gasteiger partial charge on any atom is 0.274 e. The maximum absolute atomic E-state index is 12.9. The molecule has 1 N–H and O–H groups in total. The molecule has 0 aliphatic rings. The lowest BCUT2D eigenvalue weighted by molar-refractivity contribution is 0.0946. The minimum atomic E-state index is -0.273. The molecule has 0 unspecified atom stereocenters. The van der Waals surface area contributed by atoms with Crippen LogP contribution in [0.2, 0.25) is 0 Å². The SMILES string of the molecule is CCc1cccc(-n2nnc(C(=O)NCc3ccccc3)c2-c2cccnc2)c1. The monoisotopic (exact) mass is 383 g/mol. The number of carbonyl (C=O) groups excluding carboxylic acids is 1. The molecular formula is C23H21N5O. The average Bonchev–Trinajstić information content (AvgIpc) is 3.24. The Hall–Kier alpha value is -3.80. The topological polar surface area (TPSA) is 72.7 Å². The molecule has 4 rings (SSSR count). The molecule has 0 aliphatic heterocycles. The Bertz CT molecular complexity index is 1110. The van der Waals surface area contributed by atoms with Gasteiger partial charge in [0.25, 0.3) is 5.91 Å². The summed E-state index contributed by atoms with van der Waals surface area (Å²) in [4.78, 5) is 17.1. The van der Waals surface area contributed by atoms with Crippen LogP contribution in [0.25, 0.3) is 16.9 Å². The molecule has 0 fully saturated rings. The Morgan fingerprint density at radius 1 is 1.00 bits per heavy atom. The van der Waals surface area contributed by atoms with Gasteiger partial charge >= 0.3 is 0 Å². The molecule has 29 heavy (non-hydrogen) atoms. The lowest BCUT2D eigenvalue weighted by Gasteiger charge is -2.10. The van der Waals surface area contributed by atoms with Gasteiger partial charge in [0.15, 0.2) is 5.69 Å². The second-order valence-corrected chi connectivity index (χ2v) is 6.63. The fraction of sp³-hybridized carbons (Fsp3) is 0.130. The van der Waals surface area contributed by atoms with Gasteiger partial charge in [-0.25, -0.2) is 4.68 Å². The highest BCUT2D eigenvalue weighted by atomic mass is 16.2. The molecule has 6 heteroatoms. The summed E-state index contributed by atoms with van der Waals surface area (Å²) in [6.45, 7) is 2.52. The number of nitrogens with zero attached hydrogens (tertiary/aromatic N) is 4. The standard InChI is InChI=1S/C23H21N5O/c1-2-17-10-6-12-20(14-17)28-22(19-11-7-13-24-16-19)21(26-27-28)23(29)25-15-18-8-4-3-5-9-18/h3-14,16H,2,15H2,1H3,(H,25,29). The number of hydrogen-bond donors (Lipinski definition) is 1. The number of amides is 1. The Morgan fingerprint density at radius 3 is 2.59 bits per heavy atom. The van der Waals surface area contributed by atoms with Crippen molar-refractivity contribution in [1.82, 2.24) is 25.3 Å². The van der Waals surface area contributed by atoms with Crippen molar-refractivity contribution in [2.24, 2.45) is 0 Å². The van der Waals surface area contributed by atoms with Gasteiger partial charge in [0.05, 0.1) is 5.69 Å². The summed E-state index contributed by atoms with van der Waals surface area (Å²) in [5.41, 5.74) is 4.74. The van der Waals surface area contributed by atoms with E-state index in [1.54, 1.807) is 17.1 Å². The van der Waals surface area contributed by atoms with Crippen LogP contribution in [-0.2, 0) is 13.0 Å². The molecule has 1 amide bonds. The van der Waals surface area contributed by atoms with Gasteiger partial charge < -0.3 is 5.32 Å². The van der Waals surface area contributed by atoms with Crippen molar-refractivity contribution in [2.45, 2.75) is 19.9 Å². The zero-order valence-corrected chi connectivity index (χ0v) is 16.1. The third kappa shape index (κ3) is 4.06. The van der Waals surface area contributed by atoms with Crippen molar-refractivity contribution >= 4 is 5.91 Å². The summed E-state index contributed by atoms with van der Waals surface area (Å²) in [5.74, 6) is -0.273. The first-order valence-corrected chi connectivity index (χ1v) is 9.54. The highest BCUT2D eigenvalue weighted by Crippen LogP contribution is 2.25. The predicted molar refractivity (Wildman–Crippen MR) is 112 cm³/mol. The van der Waals surface area contributed by atoms with E-state index in [4.69, 9.17) is 0 Å². The van der Waals surface area contributed by atoms with Gasteiger partial charge in [-0.2, -0.15) is 0 Å². The number of aromatic nitrogens is 4. The van der Waals surface area contributed by atoms with Crippen molar-refractivity contribution in [3.8, 4) is 16.9 Å². The second-order valence-electron chi connectivity index (χ2n) is 6.63. The quantitative estimate of drug-likeness (QED) is 0.549. The van der Waals surface area contributed by atoms with Crippen molar-refractivity contribution < 1.29 is 4.79 Å². The van der Waals surface area contributed by atoms with E-state index in [0.717, 1.165) is 23.2 Å². The molecule has 0 radical (unpaired) electrons. The summed E-state index contributed by atoms with van der Waals surface area (Å²) < 4.78 is 1.70. The molecule has 0 bridgehead atoms. The molecule has 0 aliphatic carbocycles. The van der Waals surface area contributed by atoms with Crippen molar-refractivity contribution in [3.63, 3.8) is 0 Å². The Kier molecular flexibility index (Phi) is 5.42. The summed E-state index contributed by atoms with van der Waals surface area (Å²) in [6.07, 6.45) is 4.33. The lowest BCUT2D eigenvalue weighted by atomic mass is 10.1. The molecule has 0 saturated carbocycles. The van der Waals surface area contributed by atoms with Gasteiger partial charge in [0.1, 0.15) is 5.69 Å². The van der Waals surface area contributed by atoms with Crippen LogP contribution in [0.15, 0.2) is 79.1 Å². The van der Waals surface area contributed by atoms with Crippen LogP contribution in [0.1, 0.15) is 28.5 Å². The zero-order chi connectivity index (χ0) is 20.1. The fourth-order valence-electron chi connectivity index (χ4n) is 3.15. The molecule has 2 aromatic carbocycles.